The van der Waals surface area contributed by atoms with Crippen LogP contribution in [-0.4, -0.2) is 17.1 Å². The molecule has 0 spiro atoms. The van der Waals surface area contributed by atoms with Crippen molar-refractivity contribution in [3.05, 3.63) is 29.6 Å². The van der Waals surface area contributed by atoms with Crippen molar-refractivity contribution in [2.24, 2.45) is 0 Å². The van der Waals surface area contributed by atoms with Gasteiger partial charge in [-0.05, 0) is 23.1 Å². The van der Waals surface area contributed by atoms with E-state index in [9.17, 15) is 0 Å². The number of methoxy groups -OCH3 is 1. The highest BCUT2D eigenvalue weighted by Gasteiger charge is 2.20. The molecule has 1 aromatic heterocycles. The van der Waals surface area contributed by atoms with Crippen molar-refractivity contribution < 1.29 is 4.74 Å². The van der Waals surface area contributed by atoms with Gasteiger partial charge in [0, 0.05) is 11.6 Å². The first-order valence-electron chi connectivity index (χ1n) is 6.98. The molecule has 3 heteroatoms. The molecule has 0 unspecified atom stereocenters. The van der Waals surface area contributed by atoms with E-state index in [4.69, 9.17) is 9.72 Å². The van der Waals surface area contributed by atoms with Crippen LogP contribution >= 0.6 is 0 Å². The first-order chi connectivity index (χ1) is 9.13. The molecule has 1 aromatic carbocycles. The van der Waals surface area contributed by atoms with Crippen molar-refractivity contribution >= 4 is 11.0 Å². The molecule has 0 aliphatic carbocycles. The van der Waals surface area contributed by atoms with Gasteiger partial charge in [0.25, 0.3) is 0 Å². The van der Waals surface area contributed by atoms with E-state index in [1.807, 2.05) is 6.20 Å². The highest BCUT2D eigenvalue weighted by atomic mass is 16.5. The third kappa shape index (κ3) is 2.77. The van der Waals surface area contributed by atoms with Gasteiger partial charge in [-0.25, -0.2) is 4.98 Å². The molecule has 0 atom stereocenters. The molecular weight excluding hydrogens is 248 g/mol. The molecule has 0 amide bonds. The largest absolute Gasteiger partial charge is 0.494 e. The monoisotopic (exact) mass is 272 g/mol. The van der Waals surface area contributed by atoms with E-state index < -0.39 is 0 Å². The standard InChI is InChI=1S/C17H24N2O/c1-16(2,3)11-8-12-15(13(9-11)20-7)19-14(10-18-12)17(4,5)6/h8-10H,1-7H3. The SMILES string of the molecule is COc1cc(C(C)(C)C)cc2ncc(C(C)(C)C)nc12. The lowest BCUT2D eigenvalue weighted by atomic mass is 9.86. The Morgan fingerprint density at radius 3 is 2.10 bits per heavy atom. The molecular formula is C17H24N2O. The Balaban J connectivity index is 2.71. The van der Waals surface area contributed by atoms with E-state index in [0.29, 0.717) is 0 Å². The van der Waals surface area contributed by atoms with Crippen molar-refractivity contribution in [3.63, 3.8) is 0 Å². The van der Waals surface area contributed by atoms with Crippen LogP contribution in [0.3, 0.4) is 0 Å². The van der Waals surface area contributed by atoms with Crippen LogP contribution < -0.4 is 4.74 Å². The summed E-state index contributed by atoms with van der Waals surface area (Å²) in [5.41, 5.74) is 3.96. The topological polar surface area (TPSA) is 35.0 Å². The van der Waals surface area contributed by atoms with Crippen LogP contribution in [-0.2, 0) is 10.8 Å². The third-order valence-electron chi connectivity index (χ3n) is 3.47. The Labute approximate surface area is 121 Å². The van der Waals surface area contributed by atoms with E-state index in [1.165, 1.54) is 5.56 Å². The number of ether oxygens (including phenoxy) is 1. The van der Waals surface area contributed by atoms with Crippen LogP contribution in [0.25, 0.3) is 11.0 Å². The maximum absolute atomic E-state index is 5.53. The van der Waals surface area contributed by atoms with Gasteiger partial charge in [0.05, 0.1) is 18.3 Å². The van der Waals surface area contributed by atoms with Crippen LogP contribution in [0.15, 0.2) is 18.3 Å². The van der Waals surface area contributed by atoms with Gasteiger partial charge in [0.2, 0.25) is 0 Å². The van der Waals surface area contributed by atoms with Crippen molar-refractivity contribution in [1.82, 2.24) is 9.97 Å². The zero-order chi connectivity index (χ0) is 15.1. The van der Waals surface area contributed by atoms with Gasteiger partial charge in [-0.3, -0.25) is 4.98 Å². The van der Waals surface area contributed by atoms with Crippen LogP contribution in [0.1, 0.15) is 52.8 Å². The van der Waals surface area contributed by atoms with Gasteiger partial charge in [0.1, 0.15) is 11.3 Å². The third-order valence-corrected chi connectivity index (χ3v) is 3.47. The molecule has 2 rings (SSSR count). The maximum atomic E-state index is 5.53. The average molecular weight is 272 g/mol. The van der Waals surface area contributed by atoms with E-state index in [0.717, 1.165) is 22.5 Å². The average Bonchev–Trinajstić information content (AvgIpc) is 2.34. The Kier molecular flexibility index (Phi) is 3.49. The van der Waals surface area contributed by atoms with Crippen LogP contribution in [0.2, 0.25) is 0 Å². The molecule has 0 saturated carbocycles. The normalized spacial score (nSPS) is 12.8. The van der Waals surface area contributed by atoms with Crippen LogP contribution in [0.5, 0.6) is 5.75 Å². The molecule has 0 N–H and O–H groups in total. The summed E-state index contributed by atoms with van der Waals surface area (Å²) in [6.45, 7) is 13.0. The molecule has 0 bridgehead atoms. The van der Waals surface area contributed by atoms with E-state index in [1.54, 1.807) is 7.11 Å². The molecule has 0 fully saturated rings. The van der Waals surface area contributed by atoms with Crippen molar-refractivity contribution in [3.8, 4) is 5.75 Å². The zero-order valence-electron chi connectivity index (χ0n) is 13.5. The lowest BCUT2D eigenvalue weighted by Gasteiger charge is -2.22. The summed E-state index contributed by atoms with van der Waals surface area (Å²) in [6, 6.07) is 4.18. The summed E-state index contributed by atoms with van der Waals surface area (Å²) >= 11 is 0. The molecule has 0 radical (unpaired) electrons. The Morgan fingerprint density at radius 1 is 0.950 bits per heavy atom. The van der Waals surface area contributed by atoms with Crippen LogP contribution in [0.4, 0.5) is 0 Å². The fraction of sp³-hybridized carbons (Fsp3) is 0.529. The van der Waals surface area contributed by atoms with E-state index in [-0.39, 0.29) is 10.8 Å². The molecule has 0 aliphatic heterocycles. The number of aromatic nitrogens is 2. The predicted molar refractivity (Wildman–Crippen MR) is 83.5 cm³/mol. The van der Waals surface area contributed by atoms with Gasteiger partial charge in [-0.15, -0.1) is 0 Å². The lowest BCUT2D eigenvalue weighted by Crippen LogP contribution is -2.15. The smallest absolute Gasteiger partial charge is 0.147 e. The van der Waals surface area contributed by atoms with Gasteiger partial charge in [0.15, 0.2) is 0 Å². The van der Waals surface area contributed by atoms with Gasteiger partial charge >= 0.3 is 0 Å². The second-order valence-electron chi connectivity index (χ2n) is 7.30. The van der Waals surface area contributed by atoms with E-state index >= 15 is 0 Å². The number of benzene rings is 1. The fourth-order valence-electron chi connectivity index (χ4n) is 2.03. The van der Waals surface area contributed by atoms with Gasteiger partial charge in [-0.1, -0.05) is 41.5 Å². The van der Waals surface area contributed by atoms with Crippen molar-refractivity contribution in [2.45, 2.75) is 52.4 Å². The lowest BCUT2D eigenvalue weighted by molar-refractivity contribution is 0.416. The Hall–Kier alpha value is -1.64. The van der Waals surface area contributed by atoms with E-state index in [2.05, 4.69) is 58.7 Å². The van der Waals surface area contributed by atoms with Gasteiger partial charge < -0.3 is 4.74 Å². The first kappa shape index (κ1) is 14.8. The summed E-state index contributed by atoms with van der Waals surface area (Å²) in [6.07, 6.45) is 1.87. The molecule has 1 heterocycles. The second kappa shape index (κ2) is 4.72. The summed E-state index contributed by atoms with van der Waals surface area (Å²) in [4.78, 5) is 9.34. The second-order valence-corrected chi connectivity index (χ2v) is 7.30. The minimum Gasteiger partial charge on any atom is -0.494 e. The van der Waals surface area contributed by atoms with Crippen molar-refractivity contribution in [1.29, 1.82) is 0 Å². The zero-order valence-corrected chi connectivity index (χ0v) is 13.5. The number of hydrogen-bond donors (Lipinski definition) is 0. The quantitative estimate of drug-likeness (QED) is 0.779. The summed E-state index contributed by atoms with van der Waals surface area (Å²) in [5, 5.41) is 0. The molecule has 0 saturated heterocycles. The Bertz CT molecular complexity index is 634. The fourth-order valence-corrected chi connectivity index (χ4v) is 2.03. The molecule has 20 heavy (non-hydrogen) atoms. The molecule has 108 valence electrons. The number of hydrogen-bond acceptors (Lipinski definition) is 3. The highest BCUT2D eigenvalue weighted by molar-refractivity contribution is 5.82. The first-order valence-corrected chi connectivity index (χ1v) is 6.98. The van der Waals surface area contributed by atoms with Gasteiger partial charge in [-0.2, -0.15) is 0 Å². The summed E-state index contributed by atoms with van der Waals surface area (Å²) in [5.74, 6) is 0.797. The number of nitrogens with zero attached hydrogens (tertiary/aromatic N) is 2. The summed E-state index contributed by atoms with van der Waals surface area (Å²) in [7, 11) is 1.69. The Morgan fingerprint density at radius 2 is 1.60 bits per heavy atom. The number of rotatable bonds is 1. The molecule has 3 nitrogen and oxygen atoms in total. The highest BCUT2D eigenvalue weighted by Crippen LogP contribution is 2.32. The van der Waals surface area contributed by atoms with Crippen molar-refractivity contribution in [2.75, 3.05) is 7.11 Å². The minimum absolute atomic E-state index is 0.0189. The number of fused-ring (bicyclic) bond motifs is 1. The molecule has 2 aromatic rings. The van der Waals surface area contributed by atoms with Crippen LogP contribution in [0, 0.1) is 0 Å². The minimum atomic E-state index is -0.0189. The summed E-state index contributed by atoms with van der Waals surface area (Å²) < 4.78 is 5.53. The predicted octanol–water partition coefficient (Wildman–Crippen LogP) is 4.23. The molecule has 0 aliphatic rings. The maximum Gasteiger partial charge on any atom is 0.147 e.